The molecule has 2 rings (SSSR count). The van der Waals surface area contributed by atoms with Gasteiger partial charge in [0.05, 0.1) is 10.5 Å². The molecule has 6 nitrogen and oxygen atoms in total. The molecule has 7 heteroatoms. The van der Waals surface area contributed by atoms with Crippen molar-refractivity contribution in [3.05, 3.63) is 23.8 Å². The van der Waals surface area contributed by atoms with E-state index in [9.17, 15) is 13.2 Å². The third-order valence-electron chi connectivity index (χ3n) is 2.96. The number of urea groups is 1. The minimum absolute atomic E-state index is 0.0309. The number of amides is 2. The topological polar surface area (TPSA) is 90.3 Å². The van der Waals surface area contributed by atoms with Crippen molar-refractivity contribution in [1.29, 1.82) is 5.26 Å². The molecule has 100 valence electrons. The fourth-order valence-corrected chi connectivity index (χ4v) is 2.49. The van der Waals surface area contributed by atoms with E-state index >= 15 is 0 Å². The van der Waals surface area contributed by atoms with Crippen LogP contribution in [0, 0.1) is 11.3 Å². The number of carbonyl (C=O) groups excluding carboxylic acids is 1. The summed E-state index contributed by atoms with van der Waals surface area (Å²) in [4.78, 5) is 13.5. The highest BCUT2D eigenvalue weighted by Crippen LogP contribution is 2.18. The maximum Gasteiger partial charge on any atom is 0.321 e. The number of benzene rings is 1. The van der Waals surface area contributed by atoms with Crippen LogP contribution < -0.4 is 5.32 Å². The average molecular weight is 279 g/mol. The molecule has 2 amide bonds. The number of anilines is 1. The molecule has 0 saturated carbocycles. The van der Waals surface area contributed by atoms with Gasteiger partial charge in [-0.1, -0.05) is 0 Å². The number of likely N-dealkylation sites (tertiary alicyclic amines) is 1. The molecule has 0 spiro atoms. The Labute approximate surface area is 112 Å². The first-order valence-electron chi connectivity index (χ1n) is 5.86. The summed E-state index contributed by atoms with van der Waals surface area (Å²) in [6.07, 6.45) is 1.99. The number of hydrogen-bond acceptors (Lipinski definition) is 4. The van der Waals surface area contributed by atoms with Crippen molar-refractivity contribution in [2.45, 2.75) is 17.7 Å². The van der Waals surface area contributed by atoms with Gasteiger partial charge in [-0.25, -0.2) is 13.2 Å². The summed E-state index contributed by atoms with van der Waals surface area (Å²) in [5.74, 6) is 0. The van der Waals surface area contributed by atoms with Gasteiger partial charge in [-0.3, -0.25) is 0 Å². The van der Waals surface area contributed by atoms with Gasteiger partial charge in [0.15, 0.2) is 10.7 Å². The van der Waals surface area contributed by atoms with Gasteiger partial charge in [0.1, 0.15) is 6.07 Å². The Bertz CT molecular complexity index is 605. The van der Waals surface area contributed by atoms with Gasteiger partial charge in [0.25, 0.3) is 0 Å². The summed E-state index contributed by atoms with van der Waals surface area (Å²) in [7, 11) is -2.81. The summed E-state index contributed by atoms with van der Waals surface area (Å²) < 4.78 is 21.8. The first-order chi connectivity index (χ1) is 9.11. The standard InChI is InChI=1S/C12H13N3O3S/c13-8-9-7-10(3-4-11(9)19(17)18)14-12(16)15-5-1-2-6-15/h3-4,7,19H,1-2,5-6H2,(H,14,16). The van der Waals surface area contributed by atoms with Gasteiger partial charge >= 0.3 is 6.03 Å². The van der Waals surface area contributed by atoms with E-state index in [-0.39, 0.29) is 16.5 Å². The molecule has 1 N–H and O–H groups in total. The molecule has 0 aliphatic carbocycles. The van der Waals surface area contributed by atoms with Gasteiger partial charge in [-0.2, -0.15) is 5.26 Å². The van der Waals surface area contributed by atoms with Crippen molar-refractivity contribution >= 4 is 22.4 Å². The molecule has 1 aliphatic heterocycles. The summed E-state index contributed by atoms with van der Waals surface area (Å²) in [5, 5.41) is 11.6. The Morgan fingerprint density at radius 1 is 1.32 bits per heavy atom. The number of thiol groups is 1. The summed E-state index contributed by atoms with van der Waals surface area (Å²) >= 11 is 0. The lowest BCUT2D eigenvalue weighted by Crippen LogP contribution is -2.32. The summed E-state index contributed by atoms with van der Waals surface area (Å²) in [6.45, 7) is 1.45. The second-order valence-electron chi connectivity index (χ2n) is 4.23. The lowest BCUT2D eigenvalue weighted by molar-refractivity contribution is 0.222. The SMILES string of the molecule is N#Cc1cc(NC(=O)N2CCCC2)ccc1[SH](=O)=O. The van der Waals surface area contributed by atoms with Crippen LogP contribution in [0.5, 0.6) is 0 Å². The Morgan fingerprint density at radius 2 is 2.00 bits per heavy atom. The first-order valence-corrected chi connectivity index (χ1v) is 7.04. The molecule has 1 heterocycles. The van der Waals surface area contributed by atoms with E-state index in [0.717, 1.165) is 25.9 Å². The molecule has 1 aromatic carbocycles. The van der Waals surface area contributed by atoms with E-state index in [4.69, 9.17) is 5.26 Å². The van der Waals surface area contributed by atoms with Crippen molar-refractivity contribution in [2.24, 2.45) is 0 Å². The van der Waals surface area contributed by atoms with Crippen molar-refractivity contribution < 1.29 is 13.2 Å². The van der Waals surface area contributed by atoms with Crippen LogP contribution in [0.1, 0.15) is 18.4 Å². The van der Waals surface area contributed by atoms with Crippen LogP contribution in [-0.4, -0.2) is 32.4 Å². The van der Waals surface area contributed by atoms with Crippen LogP contribution >= 0.6 is 0 Å². The minimum atomic E-state index is -2.81. The van der Waals surface area contributed by atoms with Gasteiger partial charge in [0.2, 0.25) is 0 Å². The largest absolute Gasteiger partial charge is 0.325 e. The van der Waals surface area contributed by atoms with Crippen LogP contribution in [0.25, 0.3) is 0 Å². The quantitative estimate of drug-likeness (QED) is 0.795. The number of nitriles is 1. The fraction of sp³-hybridized carbons (Fsp3) is 0.333. The highest BCUT2D eigenvalue weighted by molar-refractivity contribution is 7.72. The van der Waals surface area contributed by atoms with Crippen molar-refractivity contribution in [3.8, 4) is 6.07 Å². The number of carbonyl (C=O) groups is 1. The summed E-state index contributed by atoms with van der Waals surface area (Å²) in [5.41, 5.74) is 0.462. The van der Waals surface area contributed by atoms with Gasteiger partial charge < -0.3 is 10.2 Å². The first kappa shape index (κ1) is 13.4. The number of rotatable bonds is 2. The number of nitrogens with one attached hydrogen (secondary N) is 1. The highest BCUT2D eigenvalue weighted by atomic mass is 32.2. The maximum absolute atomic E-state index is 11.8. The van der Waals surface area contributed by atoms with Crippen molar-refractivity contribution in [2.75, 3.05) is 18.4 Å². The molecule has 0 radical (unpaired) electrons. The molecule has 1 aliphatic rings. The Hall–Kier alpha value is -2.07. The zero-order valence-electron chi connectivity index (χ0n) is 10.1. The van der Waals surface area contributed by atoms with E-state index in [0.29, 0.717) is 5.69 Å². The van der Waals surface area contributed by atoms with Crippen LogP contribution in [0.4, 0.5) is 10.5 Å². The lowest BCUT2D eigenvalue weighted by Gasteiger charge is -2.16. The Kier molecular flexibility index (Phi) is 4.02. The normalized spacial score (nSPS) is 14.4. The van der Waals surface area contributed by atoms with Crippen molar-refractivity contribution in [1.82, 2.24) is 4.90 Å². The molecule has 0 bridgehead atoms. The zero-order chi connectivity index (χ0) is 13.8. The molecule has 1 saturated heterocycles. The smallest absolute Gasteiger partial charge is 0.321 e. The lowest BCUT2D eigenvalue weighted by atomic mass is 10.2. The van der Waals surface area contributed by atoms with E-state index in [2.05, 4.69) is 5.32 Å². The fourth-order valence-electron chi connectivity index (χ4n) is 1.99. The van der Waals surface area contributed by atoms with E-state index in [1.165, 1.54) is 18.2 Å². The summed E-state index contributed by atoms with van der Waals surface area (Å²) in [6, 6.07) is 5.76. The second-order valence-corrected chi connectivity index (χ2v) is 5.22. The third kappa shape index (κ3) is 3.03. The van der Waals surface area contributed by atoms with Gasteiger partial charge in [-0.15, -0.1) is 0 Å². The Balaban J connectivity index is 2.17. The predicted molar refractivity (Wildman–Crippen MR) is 69.6 cm³/mol. The van der Waals surface area contributed by atoms with Gasteiger partial charge in [0, 0.05) is 18.8 Å². The average Bonchev–Trinajstić information content (AvgIpc) is 2.92. The molecule has 0 aromatic heterocycles. The van der Waals surface area contributed by atoms with Crippen LogP contribution in [-0.2, 0) is 10.7 Å². The van der Waals surface area contributed by atoms with E-state index < -0.39 is 10.7 Å². The Morgan fingerprint density at radius 3 is 2.58 bits per heavy atom. The molecule has 0 atom stereocenters. The van der Waals surface area contributed by atoms with Crippen molar-refractivity contribution in [3.63, 3.8) is 0 Å². The van der Waals surface area contributed by atoms with Crippen LogP contribution in [0.2, 0.25) is 0 Å². The monoisotopic (exact) mass is 279 g/mol. The molecule has 1 fully saturated rings. The molecule has 0 unspecified atom stereocenters. The van der Waals surface area contributed by atoms with Crippen LogP contribution in [0.3, 0.4) is 0 Å². The predicted octanol–water partition coefficient (Wildman–Crippen LogP) is 1.16. The zero-order valence-corrected chi connectivity index (χ0v) is 11.0. The molecule has 1 aromatic rings. The molecular weight excluding hydrogens is 266 g/mol. The van der Waals surface area contributed by atoms with Crippen LogP contribution in [0.15, 0.2) is 23.1 Å². The number of hydrogen-bond donors (Lipinski definition) is 2. The highest BCUT2D eigenvalue weighted by Gasteiger charge is 2.18. The maximum atomic E-state index is 11.8. The van der Waals surface area contributed by atoms with E-state index in [1.807, 2.05) is 6.07 Å². The molecular formula is C12H13N3O3S. The number of nitrogens with zero attached hydrogens (tertiary/aromatic N) is 2. The molecule has 19 heavy (non-hydrogen) atoms. The second kappa shape index (κ2) is 5.71. The third-order valence-corrected chi connectivity index (χ3v) is 3.74. The van der Waals surface area contributed by atoms with Gasteiger partial charge in [-0.05, 0) is 31.0 Å². The minimum Gasteiger partial charge on any atom is -0.325 e. The van der Waals surface area contributed by atoms with E-state index in [1.54, 1.807) is 4.90 Å².